The van der Waals surface area contributed by atoms with Crippen molar-refractivity contribution in [2.45, 2.75) is 25.7 Å². The average molecular weight is 369 g/mol. The highest BCUT2D eigenvalue weighted by molar-refractivity contribution is 7.92. The molecule has 1 saturated carbocycles. The molecule has 3 fully saturated rings. The quantitative estimate of drug-likeness (QED) is 0.817. The van der Waals surface area contributed by atoms with Crippen LogP contribution in [0.25, 0.3) is 0 Å². The minimum atomic E-state index is -4.15. The lowest BCUT2D eigenvalue weighted by atomic mass is 9.63. The lowest BCUT2D eigenvalue weighted by Gasteiger charge is -2.56. The lowest BCUT2D eigenvalue weighted by molar-refractivity contribution is -0.117. The van der Waals surface area contributed by atoms with E-state index in [1.165, 1.54) is 31.4 Å². The Morgan fingerprint density at radius 2 is 2.00 bits per heavy atom. The van der Waals surface area contributed by atoms with Gasteiger partial charge in [0.15, 0.2) is 5.82 Å². The first-order valence-electron chi connectivity index (χ1n) is 8.35. The molecule has 0 unspecified atom stereocenters. The predicted octanol–water partition coefficient (Wildman–Crippen LogP) is 0.741. The second kappa shape index (κ2) is 5.57. The number of nitrogens with one attached hydrogen (secondary N) is 1. The van der Waals surface area contributed by atoms with E-state index in [0.29, 0.717) is 21.7 Å². The number of phenolic OH excluding ortho intramolecular Hbond substituents is 1. The van der Waals surface area contributed by atoms with E-state index in [1.54, 1.807) is 4.72 Å². The van der Waals surface area contributed by atoms with Gasteiger partial charge in [0.1, 0.15) is 18.0 Å². The van der Waals surface area contributed by atoms with E-state index in [4.69, 9.17) is 0 Å². The number of phenols is 1. The number of nitrogens with zero attached hydrogens (tertiary/aromatic N) is 2. The summed E-state index contributed by atoms with van der Waals surface area (Å²) < 4.78 is 40.4. The number of anilines is 1. The molecular weight excluding hydrogens is 349 g/mol. The zero-order chi connectivity index (χ0) is 17.8. The molecule has 4 rings (SSSR count). The van der Waals surface area contributed by atoms with Gasteiger partial charge in [-0.05, 0) is 42.4 Å². The number of hydrogen-bond acceptors (Lipinski definition) is 5. The second-order valence-electron chi connectivity index (χ2n) is 7.30. The van der Waals surface area contributed by atoms with Gasteiger partial charge in [0.05, 0.1) is 0 Å². The molecule has 2 aliphatic heterocycles. The molecule has 0 radical (unpaired) electrons. The van der Waals surface area contributed by atoms with Crippen LogP contribution in [0.2, 0.25) is 0 Å². The van der Waals surface area contributed by atoms with Gasteiger partial charge in [-0.15, -0.1) is 0 Å². The first-order valence-corrected chi connectivity index (χ1v) is 9.79. The van der Waals surface area contributed by atoms with Crippen LogP contribution in [0.1, 0.15) is 24.8 Å². The summed E-state index contributed by atoms with van der Waals surface area (Å²) in [6.45, 7) is 2.41. The molecule has 7 nitrogen and oxygen atoms in total. The van der Waals surface area contributed by atoms with Crippen molar-refractivity contribution in [2.75, 3.05) is 30.5 Å². The average Bonchev–Trinajstić information content (AvgIpc) is 2.67. The Kier molecular flexibility index (Phi) is 3.69. The van der Waals surface area contributed by atoms with Gasteiger partial charge in [-0.3, -0.25) is 4.79 Å². The molecule has 1 amide bonds. The summed E-state index contributed by atoms with van der Waals surface area (Å²) in [4.78, 5) is 13.6. The highest BCUT2D eigenvalue weighted by atomic mass is 32.2. The van der Waals surface area contributed by atoms with Gasteiger partial charge >= 0.3 is 10.2 Å². The van der Waals surface area contributed by atoms with E-state index in [2.05, 4.69) is 4.90 Å². The number of aromatic hydroxyl groups is 1. The molecule has 1 aromatic carbocycles. The molecule has 1 aromatic rings. The van der Waals surface area contributed by atoms with Crippen LogP contribution < -0.4 is 9.03 Å². The summed E-state index contributed by atoms with van der Waals surface area (Å²) in [7, 11) is -4.15. The van der Waals surface area contributed by atoms with Crippen LogP contribution in [0.4, 0.5) is 10.1 Å². The van der Waals surface area contributed by atoms with Crippen LogP contribution in [0, 0.1) is 11.2 Å². The van der Waals surface area contributed by atoms with Crippen molar-refractivity contribution < 1.29 is 22.7 Å². The number of benzene rings is 1. The number of rotatable bonds is 4. The van der Waals surface area contributed by atoms with Crippen LogP contribution in [0.3, 0.4) is 0 Å². The van der Waals surface area contributed by atoms with Crippen molar-refractivity contribution in [3.63, 3.8) is 0 Å². The number of hydrogen-bond donors (Lipinski definition) is 2. The Labute approximate surface area is 145 Å². The molecule has 2 N–H and O–H groups in total. The molecular formula is C16H20FN3O4S. The number of carbonyl (C=O) groups excluding carboxylic acids is 1. The third-order valence-corrected chi connectivity index (χ3v) is 6.80. The first-order chi connectivity index (χ1) is 11.8. The van der Waals surface area contributed by atoms with Gasteiger partial charge in [-0.2, -0.15) is 8.42 Å². The van der Waals surface area contributed by atoms with E-state index in [0.717, 1.165) is 19.6 Å². The molecule has 0 aromatic heterocycles. The van der Waals surface area contributed by atoms with Crippen LogP contribution >= 0.6 is 0 Å². The second-order valence-corrected chi connectivity index (χ2v) is 8.89. The van der Waals surface area contributed by atoms with Gasteiger partial charge in [0.2, 0.25) is 0 Å². The summed E-state index contributed by atoms with van der Waals surface area (Å²) in [6, 6.07) is 2.60. The number of amides is 1. The third kappa shape index (κ3) is 2.85. The van der Waals surface area contributed by atoms with Crippen LogP contribution in [0.5, 0.6) is 5.75 Å². The maximum atomic E-state index is 14.4. The molecule has 25 heavy (non-hydrogen) atoms. The Hall–Kier alpha value is -1.87. The summed E-state index contributed by atoms with van der Waals surface area (Å²) in [5.74, 6) is -2.09. The van der Waals surface area contributed by atoms with Crippen molar-refractivity contribution in [1.29, 1.82) is 0 Å². The van der Waals surface area contributed by atoms with E-state index < -0.39 is 39.9 Å². The molecule has 2 saturated heterocycles. The molecule has 0 atom stereocenters. The SMILES string of the molecule is O=C1CN(c2c(O)cc(CCN3CC4(CCC4)C3)cc2F)S(=O)(=O)N1. The Morgan fingerprint density at radius 1 is 1.28 bits per heavy atom. The molecule has 0 bridgehead atoms. The van der Waals surface area contributed by atoms with Crippen LogP contribution in [0.15, 0.2) is 12.1 Å². The number of carbonyl (C=O) groups is 1. The highest BCUT2D eigenvalue weighted by Crippen LogP contribution is 2.48. The first kappa shape index (κ1) is 16.6. The summed E-state index contributed by atoms with van der Waals surface area (Å²) >= 11 is 0. The molecule has 9 heteroatoms. The van der Waals surface area contributed by atoms with E-state index in [-0.39, 0.29) is 0 Å². The summed E-state index contributed by atoms with van der Waals surface area (Å²) in [5.41, 5.74) is 0.643. The Bertz CT molecular complexity index is 807. The molecule has 1 spiro atoms. The van der Waals surface area contributed by atoms with Crippen molar-refractivity contribution in [3.05, 3.63) is 23.5 Å². The lowest BCUT2D eigenvalue weighted by Crippen LogP contribution is -2.59. The molecule has 2 heterocycles. The third-order valence-electron chi connectivity index (χ3n) is 5.42. The largest absolute Gasteiger partial charge is 0.506 e. The van der Waals surface area contributed by atoms with E-state index in [9.17, 15) is 22.7 Å². The van der Waals surface area contributed by atoms with Crippen molar-refractivity contribution in [2.24, 2.45) is 5.41 Å². The minimum Gasteiger partial charge on any atom is -0.506 e. The topological polar surface area (TPSA) is 90.0 Å². The van der Waals surface area contributed by atoms with Crippen molar-refractivity contribution in [1.82, 2.24) is 9.62 Å². The maximum Gasteiger partial charge on any atom is 0.326 e. The zero-order valence-corrected chi connectivity index (χ0v) is 14.5. The van der Waals surface area contributed by atoms with E-state index in [1.807, 2.05) is 0 Å². The van der Waals surface area contributed by atoms with Gasteiger partial charge in [0, 0.05) is 19.6 Å². The standard InChI is InChI=1S/C16H20FN3O4S/c17-12-6-11(2-5-19-9-16(10-19)3-1-4-16)7-13(21)15(12)20-8-14(22)18-25(20,23)24/h6-7,21H,1-5,8-10H2,(H,18,22). The maximum absolute atomic E-state index is 14.4. The zero-order valence-electron chi connectivity index (χ0n) is 13.7. The van der Waals surface area contributed by atoms with Crippen molar-refractivity contribution >= 4 is 21.8 Å². The Balaban J connectivity index is 1.46. The summed E-state index contributed by atoms with van der Waals surface area (Å²) in [5, 5.41) is 10.1. The summed E-state index contributed by atoms with van der Waals surface area (Å²) in [6.07, 6.45) is 4.48. The smallest absolute Gasteiger partial charge is 0.326 e. The van der Waals surface area contributed by atoms with Crippen LogP contribution in [-0.4, -0.2) is 50.5 Å². The Morgan fingerprint density at radius 3 is 2.52 bits per heavy atom. The molecule has 3 aliphatic rings. The monoisotopic (exact) mass is 369 g/mol. The van der Waals surface area contributed by atoms with Gasteiger partial charge in [0.25, 0.3) is 5.91 Å². The number of halogens is 1. The fourth-order valence-electron chi connectivity index (χ4n) is 4.02. The fraction of sp³-hybridized carbons (Fsp3) is 0.562. The molecule has 136 valence electrons. The normalized spacial score (nSPS) is 24.0. The van der Waals surface area contributed by atoms with Gasteiger partial charge in [-0.1, -0.05) is 6.42 Å². The highest BCUT2D eigenvalue weighted by Gasteiger charge is 2.46. The van der Waals surface area contributed by atoms with E-state index >= 15 is 0 Å². The van der Waals surface area contributed by atoms with Crippen LogP contribution in [-0.2, 0) is 21.4 Å². The minimum absolute atomic E-state index is 0.478. The van der Waals surface area contributed by atoms with Crippen molar-refractivity contribution in [3.8, 4) is 5.75 Å². The predicted molar refractivity (Wildman–Crippen MR) is 88.9 cm³/mol. The fourth-order valence-corrected chi connectivity index (χ4v) is 5.19. The van der Waals surface area contributed by atoms with Gasteiger partial charge in [-0.25, -0.2) is 13.4 Å². The number of likely N-dealkylation sites (tertiary alicyclic amines) is 1. The molecule has 1 aliphatic carbocycles. The van der Waals surface area contributed by atoms with Gasteiger partial charge < -0.3 is 10.0 Å².